The number of aryl methyl sites for hydroxylation is 1. The second-order valence-electron chi connectivity index (χ2n) is 7.36. The molecule has 0 atom stereocenters. The predicted molar refractivity (Wildman–Crippen MR) is 111 cm³/mol. The van der Waals surface area contributed by atoms with Crippen LogP contribution < -0.4 is 10.6 Å². The molecule has 2 aliphatic rings. The van der Waals surface area contributed by atoms with Crippen LogP contribution in [0, 0.1) is 6.92 Å². The van der Waals surface area contributed by atoms with Gasteiger partial charge in [0.2, 0.25) is 0 Å². The van der Waals surface area contributed by atoms with Crippen molar-refractivity contribution in [3.8, 4) is 0 Å². The van der Waals surface area contributed by atoms with Crippen molar-refractivity contribution in [1.29, 1.82) is 0 Å². The van der Waals surface area contributed by atoms with Crippen LogP contribution in [0.5, 0.6) is 0 Å². The molecular formula is C19H27Cl2N5O. The average Bonchev–Trinajstić information content (AvgIpc) is 2.60. The molecule has 1 saturated carbocycles. The molecule has 0 aromatic carbocycles. The normalized spacial score (nSPS) is 23.6. The zero-order chi connectivity index (χ0) is 17.4. The Balaban J connectivity index is 0.00000131. The van der Waals surface area contributed by atoms with Crippen LogP contribution in [-0.4, -0.2) is 39.2 Å². The number of aliphatic hydroxyl groups is 1. The summed E-state index contributed by atoms with van der Waals surface area (Å²) in [4.78, 5) is 15.8. The Morgan fingerprint density at radius 3 is 2.44 bits per heavy atom. The first kappa shape index (κ1) is 21.8. The SMILES string of the molecule is Cc1nc(C2CC(N)C2)cc(N2CCC(O)(c3ccccn3)CC2)n1.Cl.Cl. The van der Waals surface area contributed by atoms with Crippen LogP contribution in [0.2, 0.25) is 0 Å². The van der Waals surface area contributed by atoms with Crippen LogP contribution in [0.1, 0.15) is 48.8 Å². The highest BCUT2D eigenvalue weighted by Gasteiger charge is 2.36. The average molecular weight is 412 g/mol. The fourth-order valence-corrected chi connectivity index (χ4v) is 3.85. The first-order chi connectivity index (χ1) is 12.0. The number of aromatic nitrogens is 3. The van der Waals surface area contributed by atoms with Gasteiger partial charge in [0.15, 0.2) is 0 Å². The van der Waals surface area contributed by atoms with Gasteiger partial charge in [0.1, 0.15) is 17.2 Å². The lowest BCUT2D eigenvalue weighted by Gasteiger charge is -2.39. The van der Waals surface area contributed by atoms with Gasteiger partial charge in [0, 0.05) is 43.0 Å². The van der Waals surface area contributed by atoms with Gasteiger partial charge in [-0.2, -0.15) is 0 Å². The summed E-state index contributed by atoms with van der Waals surface area (Å²) in [7, 11) is 0. The topological polar surface area (TPSA) is 88.2 Å². The van der Waals surface area contributed by atoms with E-state index in [9.17, 15) is 5.11 Å². The van der Waals surface area contributed by atoms with E-state index in [1.54, 1.807) is 6.20 Å². The van der Waals surface area contributed by atoms with E-state index in [-0.39, 0.29) is 24.8 Å². The largest absolute Gasteiger partial charge is 0.383 e. The maximum Gasteiger partial charge on any atom is 0.132 e. The van der Waals surface area contributed by atoms with Gasteiger partial charge in [-0.25, -0.2) is 9.97 Å². The van der Waals surface area contributed by atoms with Crippen molar-refractivity contribution in [2.24, 2.45) is 5.73 Å². The van der Waals surface area contributed by atoms with Gasteiger partial charge in [-0.1, -0.05) is 6.07 Å². The molecule has 2 fully saturated rings. The lowest BCUT2D eigenvalue weighted by Crippen LogP contribution is -2.43. The van der Waals surface area contributed by atoms with Crippen LogP contribution in [0.3, 0.4) is 0 Å². The first-order valence-electron chi connectivity index (χ1n) is 9.03. The van der Waals surface area contributed by atoms with Crippen molar-refractivity contribution in [2.45, 2.75) is 50.2 Å². The fraction of sp³-hybridized carbons (Fsp3) is 0.526. The number of rotatable bonds is 3. The minimum Gasteiger partial charge on any atom is -0.383 e. The summed E-state index contributed by atoms with van der Waals surface area (Å²) in [5, 5.41) is 10.9. The predicted octanol–water partition coefficient (Wildman–Crippen LogP) is 2.72. The van der Waals surface area contributed by atoms with Crippen molar-refractivity contribution in [1.82, 2.24) is 15.0 Å². The van der Waals surface area contributed by atoms with E-state index in [0.717, 1.165) is 49.0 Å². The van der Waals surface area contributed by atoms with Crippen molar-refractivity contribution in [2.75, 3.05) is 18.0 Å². The molecule has 0 radical (unpaired) electrons. The molecule has 8 heteroatoms. The highest BCUT2D eigenvalue weighted by Crippen LogP contribution is 2.37. The Morgan fingerprint density at radius 1 is 1.15 bits per heavy atom. The first-order valence-corrected chi connectivity index (χ1v) is 9.03. The standard InChI is InChI=1S/C19H25N5O.2ClH/c1-13-22-16(14-10-15(20)11-14)12-18(23-13)24-8-5-19(25,6-9-24)17-4-2-3-7-21-17;;/h2-4,7,12,14-15,25H,5-6,8-11,20H2,1H3;2*1H. The maximum absolute atomic E-state index is 10.9. The van der Waals surface area contributed by atoms with E-state index in [2.05, 4.69) is 25.9 Å². The molecule has 0 spiro atoms. The van der Waals surface area contributed by atoms with Gasteiger partial charge in [0.25, 0.3) is 0 Å². The number of nitrogens with zero attached hydrogens (tertiary/aromatic N) is 4. The third kappa shape index (κ3) is 4.51. The molecule has 2 aromatic heterocycles. The molecule has 0 amide bonds. The van der Waals surface area contributed by atoms with Crippen molar-refractivity contribution in [3.63, 3.8) is 0 Å². The molecule has 3 N–H and O–H groups in total. The quantitative estimate of drug-likeness (QED) is 0.806. The molecule has 1 aliphatic heterocycles. The van der Waals surface area contributed by atoms with Gasteiger partial charge in [-0.05, 0) is 44.7 Å². The smallest absolute Gasteiger partial charge is 0.132 e. The Morgan fingerprint density at radius 2 is 1.85 bits per heavy atom. The van der Waals surface area contributed by atoms with Gasteiger partial charge < -0.3 is 15.7 Å². The van der Waals surface area contributed by atoms with Crippen LogP contribution in [0.25, 0.3) is 0 Å². The van der Waals surface area contributed by atoms with E-state index in [1.807, 2.05) is 25.1 Å². The highest BCUT2D eigenvalue weighted by atomic mass is 35.5. The molecule has 1 aliphatic carbocycles. The molecule has 0 bridgehead atoms. The van der Waals surface area contributed by atoms with Gasteiger partial charge >= 0.3 is 0 Å². The third-order valence-corrected chi connectivity index (χ3v) is 5.49. The minimum atomic E-state index is -0.844. The lowest BCUT2D eigenvalue weighted by atomic mass is 9.78. The summed E-state index contributed by atoms with van der Waals surface area (Å²) >= 11 is 0. The minimum absolute atomic E-state index is 0. The van der Waals surface area contributed by atoms with E-state index < -0.39 is 5.60 Å². The lowest BCUT2D eigenvalue weighted by molar-refractivity contribution is 0.00749. The molecular weight excluding hydrogens is 385 g/mol. The Bertz CT molecular complexity index is 747. The summed E-state index contributed by atoms with van der Waals surface area (Å²) < 4.78 is 0. The van der Waals surface area contributed by atoms with E-state index in [1.165, 1.54) is 0 Å². The summed E-state index contributed by atoms with van der Waals surface area (Å²) in [6.07, 6.45) is 5.06. The van der Waals surface area contributed by atoms with Crippen LogP contribution in [0.15, 0.2) is 30.5 Å². The molecule has 27 heavy (non-hydrogen) atoms. The zero-order valence-electron chi connectivity index (χ0n) is 15.4. The number of pyridine rings is 1. The summed E-state index contributed by atoms with van der Waals surface area (Å²) in [5.74, 6) is 2.23. The Hall–Kier alpha value is -1.47. The number of hydrogen-bond donors (Lipinski definition) is 2. The summed E-state index contributed by atoms with van der Waals surface area (Å²) in [6, 6.07) is 8.12. The molecule has 4 rings (SSSR count). The van der Waals surface area contributed by atoms with Crippen LogP contribution in [-0.2, 0) is 5.60 Å². The van der Waals surface area contributed by atoms with Crippen molar-refractivity contribution in [3.05, 3.63) is 47.7 Å². The highest BCUT2D eigenvalue weighted by molar-refractivity contribution is 5.85. The van der Waals surface area contributed by atoms with Gasteiger partial charge in [-0.3, -0.25) is 4.98 Å². The molecule has 1 saturated heterocycles. The molecule has 148 valence electrons. The number of halogens is 2. The molecule has 0 unspecified atom stereocenters. The van der Waals surface area contributed by atoms with E-state index >= 15 is 0 Å². The van der Waals surface area contributed by atoms with Crippen molar-refractivity contribution < 1.29 is 5.11 Å². The summed E-state index contributed by atoms with van der Waals surface area (Å²) in [6.45, 7) is 3.46. The number of nitrogens with two attached hydrogens (primary N) is 1. The monoisotopic (exact) mass is 411 g/mol. The van der Waals surface area contributed by atoms with Crippen molar-refractivity contribution >= 4 is 30.6 Å². The second-order valence-corrected chi connectivity index (χ2v) is 7.36. The zero-order valence-corrected chi connectivity index (χ0v) is 17.0. The maximum atomic E-state index is 10.9. The molecule has 6 nitrogen and oxygen atoms in total. The molecule has 3 heterocycles. The summed E-state index contributed by atoms with van der Waals surface area (Å²) in [5.41, 5.74) is 6.95. The molecule has 2 aromatic rings. The van der Waals surface area contributed by atoms with Gasteiger partial charge in [0.05, 0.1) is 5.69 Å². The van der Waals surface area contributed by atoms with Gasteiger partial charge in [-0.15, -0.1) is 24.8 Å². The van der Waals surface area contributed by atoms with Crippen LogP contribution in [0.4, 0.5) is 5.82 Å². The fourth-order valence-electron chi connectivity index (χ4n) is 3.85. The number of anilines is 1. The Kier molecular flexibility index (Phi) is 7.03. The Labute approximate surface area is 172 Å². The van der Waals surface area contributed by atoms with E-state index in [0.29, 0.717) is 24.8 Å². The third-order valence-electron chi connectivity index (χ3n) is 5.49. The van der Waals surface area contributed by atoms with E-state index in [4.69, 9.17) is 5.73 Å². The van der Waals surface area contributed by atoms with Crippen LogP contribution >= 0.6 is 24.8 Å². The number of hydrogen-bond acceptors (Lipinski definition) is 6. The second kappa shape index (κ2) is 8.69. The number of piperidine rings is 1.